The second kappa shape index (κ2) is 7.96. The highest BCUT2D eigenvalue weighted by Gasteiger charge is 2.59. The van der Waals surface area contributed by atoms with Gasteiger partial charge in [-0.2, -0.15) is 10.1 Å². The van der Waals surface area contributed by atoms with Gasteiger partial charge < -0.3 is 9.47 Å². The zero-order valence-corrected chi connectivity index (χ0v) is 18.5. The van der Waals surface area contributed by atoms with E-state index in [2.05, 4.69) is 33.2 Å². The van der Waals surface area contributed by atoms with Crippen LogP contribution in [-0.2, 0) is 16.2 Å². The van der Waals surface area contributed by atoms with Gasteiger partial charge in [-0.15, -0.1) is 0 Å². The van der Waals surface area contributed by atoms with Gasteiger partial charge in [-0.1, -0.05) is 40.2 Å². The van der Waals surface area contributed by atoms with Crippen molar-refractivity contribution in [3.8, 4) is 11.5 Å². The molecule has 1 saturated heterocycles. The molecule has 1 aliphatic heterocycles. The molecule has 7 heteroatoms. The third-order valence-corrected chi connectivity index (χ3v) is 6.79. The van der Waals surface area contributed by atoms with Crippen LogP contribution in [0.5, 0.6) is 11.5 Å². The van der Waals surface area contributed by atoms with Crippen LogP contribution in [0.2, 0.25) is 0 Å². The SMILES string of the molecule is COc1cc(/C=N\N2C(=O)[C@@H]3[C@H](C2=O)[C@@H]2C=C[C@H]3C2)ccc1OCc1ccc(Br)cc1. The Bertz CT molecular complexity index is 1070. The van der Waals surface area contributed by atoms with Crippen LogP contribution >= 0.6 is 15.9 Å². The summed E-state index contributed by atoms with van der Waals surface area (Å²) in [5.41, 5.74) is 1.75. The summed E-state index contributed by atoms with van der Waals surface area (Å²) in [6.45, 7) is 0.410. The number of hydrazone groups is 1. The summed E-state index contributed by atoms with van der Waals surface area (Å²) in [5.74, 6) is 0.635. The number of halogens is 1. The number of rotatable bonds is 6. The first-order valence-corrected chi connectivity index (χ1v) is 11.0. The van der Waals surface area contributed by atoms with Gasteiger partial charge in [-0.3, -0.25) is 9.59 Å². The number of hydrogen-bond acceptors (Lipinski definition) is 5. The van der Waals surface area contributed by atoms with E-state index in [1.807, 2.05) is 30.3 Å². The van der Waals surface area contributed by atoms with Crippen molar-refractivity contribution >= 4 is 34.0 Å². The molecule has 2 aromatic carbocycles. The van der Waals surface area contributed by atoms with E-state index >= 15 is 0 Å². The molecule has 31 heavy (non-hydrogen) atoms. The summed E-state index contributed by atoms with van der Waals surface area (Å²) in [7, 11) is 1.57. The lowest BCUT2D eigenvalue weighted by atomic mass is 9.85. The van der Waals surface area contributed by atoms with Crippen LogP contribution in [0.25, 0.3) is 0 Å². The molecule has 3 aliphatic rings. The predicted octanol–water partition coefficient (Wildman–Crippen LogP) is 4.18. The quantitative estimate of drug-likeness (QED) is 0.353. The molecule has 2 aromatic rings. The van der Waals surface area contributed by atoms with E-state index in [1.54, 1.807) is 19.2 Å². The van der Waals surface area contributed by atoms with E-state index in [9.17, 15) is 9.59 Å². The zero-order chi connectivity index (χ0) is 21.5. The van der Waals surface area contributed by atoms with Crippen molar-refractivity contribution in [3.05, 3.63) is 70.2 Å². The van der Waals surface area contributed by atoms with Crippen molar-refractivity contribution in [2.75, 3.05) is 7.11 Å². The Morgan fingerprint density at radius 2 is 1.71 bits per heavy atom. The van der Waals surface area contributed by atoms with Crippen LogP contribution in [0.3, 0.4) is 0 Å². The Labute approximate surface area is 188 Å². The minimum absolute atomic E-state index is 0.175. The number of allylic oxidation sites excluding steroid dienone is 2. The minimum atomic E-state index is -0.247. The summed E-state index contributed by atoms with van der Waals surface area (Å²) in [6.07, 6.45) is 6.57. The Hall–Kier alpha value is -2.93. The van der Waals surface area contributed by atoms with E-state index in [0.717, 1.165) is 21.5 Å². The molecule has 2 bridgehead atoms. The number of benzene rings is 2. The molecule has 1 heterocycles. The maximum Gasteiger partial charge on any atom is 0.254 e. The molecule has 4 atom stereocenters. The van der Waals surface area contributed by atoms with Crippen molar-refractivity contribution in [1.82, 2.24) is 5.01 Å². The molecule has 0 aromatic heterocycles. The maximum absolute atomic E-state index is 12.7. The smallest absolute Gasteiger partial charge is 0.254 e. The van der Waals surface area contributed by atoms with Gasteiger partial charge in [0.1, 0.15) is 6.61 Å². The Balaban J connectivity index is 1.29. The molecular weight excluding hydrogens is 460 g/mol. The van der Waals surface area contributed by atoms with E-state index in [-0.39, 0.29) is 35.5 Å². The van der Waals surface area contributed by atoms with Gasteiger partial charge in [0, 0.05) is 4.47 Å². The molecule has 2 aliphatic carbocycles. The van der Waals surface area contributed by atoms with Gasteiger partial charge in [-0.25, -0.2) is 0 Å². The molecule has 6 nitrogen and oxygen atoms in total. The zero-order valence-electron chi connectivity index (χ0n) is 16.9. The predicted molar refractivity (Wildman–Crippen MR) is 119 cm³/mol. The number of carbonyl (C=O) groups is 2. The van der Waals surface area contributed by atoms with Gasteiger partial charge in [0.15, 0.2) is 11.5 Å². The molecule has 2 fully saturated rings. The van der Waals surface area contributed by atoms with Crippen molar-refractivity contribution in [2.45, 2.75) is 13.0 Å². The van der Waals surface area contributed by atoms with Crippen LogP contribution < -0.4 is 9.47 Å². The lowest BCUT2D eigenvalue weighted by Crippen LogP contribution is -2.28. The summed E-state index contributed by atoms with van der Waals surface area (Å²) >= 11 is 3.42. The first-order chi connectivity index (χ1) is 15.0. The number of nitrogens with zero attached hydrogens (tertiary/aromatic N) is 2. The van der Waals surface area contributed by atoms with E-state index in [4.69, 9.17) is 9.47 Å². The minimum Gasteiger partial charge on any atom is -0.493 e. The molecule has 158 valence electrons. The largest absolute Gasteiger partial charge is 0.493 e. The Kier molecular flexibility index (Phi) is 5.14. The number of fused-ring (bicyclic) bond motifs is 5. The highest BCUT2D eigenvalue weighted by molar-refractivity contribution is 9.10. The van der Waals surface area contributed by atoms with Crippen molar-refractivity contribution in [1.29, 1.82) is 0 Å². The number of amides is 2. The maximum atomic E-state index is 12.7. The van der Waals surface area contributed by atoms with Crippen LogP contribution in [0.4, 0.5) is 0 Å². The molecule has 0 spiro atoms. The second-order valence-corrected chi connectivity index (χ2v) is 8.97. The van der Waals surface area contributed by atoms with E-state index in [0.29, 0.717) is 23.7 Å². The molecule has 0 N–H and O–H groups in total. The first-order valence-electron chi connectivity index (χ1n) is 10.2. The number of imide groups is 1. The fraction of sp³-hybridized carbons (Fsp3) is 0.292. The number of methoxy groups -OCH3 is 1. The van der Waals surface area contributed by atoms with Gasteiger partial charge in [0.2, 0.25) is 0 Å². The van der Waals surface area contributed by atoms with Crippen molar-refractivity contribution < 1.29 is 19.1 Å². The average Bonchev–Trinajstić information content (AvgIpc) is 3.46. The van der Waals surface area contributed by atoms with Gasteiger partial charge >= 0.3 is 0 Å². The summed E-state index contributed by atoms with van der Waals surface area (Å²) < 4.78 is 12.4. The standard InChI is InChI=1S/C24H21BrN2O4/c1-30-20-10-15(4-9-19(20)31-13-14-2-7-18(25)8-3-14)12-26-27-23(28)21-16-5-6-17(11-16)22(21)24(27)29/h2-10,12,16-17,21-22H,11,13H2,1H3/b26-12-/t16-,17+,21-,22+. The molecule has 1 saturated carbocycles. The van der Waals surface area contributed by atoms with E-state index in [1.165, 1.54) is 6.21 Å². The summed E-state index contributed by atoms with van der Waals surface area (Å²) in [6, 6.07) is 13.3. The monoisotopic (exact) mass is 480 g/mol. The third kappa shape index (κ3) is 3.57. The highest BCUT2D eigenvalue weighted by Crippen LogP contribution is 2.52. The highest BCUT2D eigenvalue weighted by atomic mass is 79.9. The lowest BCUT2D eigenvalue weighted by Gasteiger charge is -2.13. The van der Waals surface area contributed by atoms with Crippen LogP contribution in [0, 0.1) is 23.7 Å². The molecule has 5 rings (SSSR count). The number of hydrogen-bond donors (Lipinski definition) is 0. The molecule has 0 radical (unpaired) electrons. The Morgan fingerprint density at radius 3 is 2.35 bits per heavy atom. The van der Waals surface area contributed by atoms with Crippen LogP contribution in [-0.4, -0.2) is 30.1 Å². The molecule has 0 unspecified atom stereocenters. The molecule has 2 amide bonds. The summed E-state index contributed by atoms with van der Waals surface area (Å²) in [4.78, 5) is 25.5. The first kappa shape index (κ1) is 20.0. The van der Waals surface area contributed by atoms with Gasteiger partial charge in [0.05, 0.1) is 25.2 Å². The fourth-order valence-corrected chi connectivity index (χ4v) is 5.01. The summed E-state index contributed by atoms with van der Waals surface area (Å²) in [5, 5.41) is 5.27. The van der Waals surface area contributed by atoms with Gasteiger partial charge in [0.25, 0.3) is 11.8 Å². The van der Waals surface area contributed by atoms with Crippen LogP contribution in [0.1, 0.15) is 17.5 Å². The van der Waals surface area contributed by atoms with E-state index < -0.39 is 0 Å². The second-order valence-electron chi connectivity index (χ2n) is 8.06. The lowest BCUT2D eigenvalue weighted by molar-refractivity contribution is -0.140. The normalized spacial score (nSPS) is 26.2. The van der Waals surface area contributed by atoms with Crippen molar-refractivity contribution in [2.24, 2.45) is 28.8 Å². The third-order valence-electron chi connectivity index (χ3n) is 6.26. The topological polar surface area (TPSA) is 68.2 Å². The van der Waals surface area contributed by atoms with Crippen molar-refractivity contribution in [3.63, 3.8) is 0 Å². The fourth-order valence-electron chi connectivity index (χ4n) is 4.75. The Morgan fingerprint density at radius 1 is 1.03 bits per heavy atom. The average molecular weight is 481 g/mol. The van der Waals surface area contributed by atoms with Crippen LogP contribution in [0.15, 0.2) is 64.2 Å². The molecular formula is C24H21BrN2O4. The number of ether oxygens (including phenoxy) is 2. The van der Waals surface area contributed by atoms with Gasteiger partial charge in [-0.05, 0) is 59.7 Å². The number of carbonyl (C=O) groups excluding carboxylic acids is 2.